The fourth-order valence-corrected chi connectivity index (χ4v) is 3.21. The van der Waals surface area contributed by atoms with Gasteiger partial charge in [0.25, 0.3) is 0 Å². The van der Waals surface area contributed by atoms with Crippen molar-refractivity contribution in [1.82, 2.24) is 20.5 Å². The standard InChI is InChI=1S/C18H20FN5O/c1-12-4-5-16(25-12)17-13(10-22-23-17)9-21-14-6-8-24(11-14)18-15(19)3-2-7-20-18/h2-5,7,10,14,21H,6,8-9,11H2,1H3,(H,22,23)/t14-/m0/s1. The van der Waals surface area contributed by atoms with Gasteiger partial charge in [0.15, 0.2) is 17.4 Å². The molecule has 3 aromatic heterocycles. The van der Waals surface area contributed by atoms with Crippen LogP contribution in [0.2, 0.25) is 0 Å². The zero-order valence-corrected chi connectivity index (χ0v) is 14.0. The average molecular weight is 341 g/mol. The molecule has 1 atom stereocenters. The van der Waals surface area contributed by atoms with Gasteiger partial charge < -0.3 is 14.6 Å². The first-order valence-corrected chi connectivity index (χ1v) is 8.38. The van der Waals surface area contributed by atoms with Gasteiger partial charge in [-0.2, -0.15) is 5.10 Å². The maximum atomic E-state index is 13.9. The molecule has 1 aliphatic rings. The fourth-order valence-electron chi connectivity index (χ4n) is 3.21. The maximum absolute atomic E-state index is 13.9. The number of nitrogens with zero attached hydrogens (tertiary/aromatic N) is 3. The van der Waals surface area contributed by atoms with Crippen molar-refractivity contribution >= 4 is 5.82 Å². The molecular formula is C18H20FN5O. The highest BCUT2D eigenvalue weighted by Gasteiger charge is 2.25. The van der Waals surface area contributed by atoms with E-state index in [0.29, 0.717) is 12.4 Å². The number of furan rings is 1. The summed E-state index contributed by atoms with van der Waals surface area (Å²) < 4.78 is 19.5. The molecule has 0 amide bonds. The molecule has 4 heterocycles. The molecule has 0 aliphatic carbocycles. The van der Waals surface area contributed by atoms with Crippen LogP contribution in [0.3, 0.4) is 0 Å². The lowest BCUT2D eigenvalue weighted by Gasteiger charge is -2.18. The number of aryl methyl sites for hydroxylation is 1. The number of nitrogens with one attached hydrogen (secondary N) is 2. The Morgan fingerprint density at radius 3 is 3.12 bits per heavy atom. The third-order valence-corrected chi connectivity index (χ3v) is 4.51. The summed E-state index contributed by atoms with van der Waals surface area (Å²) >= 11 is 0. The van der Waals surface area contributed by atoms with E-state index in [-0.39, 0.29) is 11.9 Å². The summed E-state index contributed by atoms with van der Waals surface area (Å²) in [5, 5.41) is 10.7. The Kier molecular flexibility index (Phi) is 4.23. The highest BCUT2D eigenvalue weighted by atomic mass is 19.1. The highest BCUT2D eigenvalue weighted by Crippen LogP contribution is 2.24. The van der Waals surface area contributed by atoms with E-state index in [1.807, 2.05) is 30.2 Å². The number of anilines is 1. The lowest BCUT2D eigenvalue weighted by Crippen LogP contribution is -2.32. The molecule has 0 bridgehead atoms. The van der Waals surface area contributed by atoms with E-state index in [1.165, 1.54) is 6.07 Å². The molecule has 6 nitrogen and oxygen atoms in total. The van der Waals surface area contributed by atoms with Crippen LogP contribution in [0.5, 0.6) is 0 Å². The quantitative estimate of drug-likeness (QED) is 0.747. The Morgan fingerprint density at radius 2 is 2.32 bits per heavy atom. The molecule has 0 radical (unpaired) electrons. The van der Waals surface area contributed by atoms with E-state index in [9.17, 15) is 4.39 Å². The second kappa shape index (κ2) is 6.68. The molecule has 25 heavy (non-hydrogen) atoms. The Balaban J connectivity index is 1.39. The summed E-state index contributed by atoms with van der Waals surface area (Å²) in [6, 6.07) is 7.22. The molecular weight excluding hydrogens is 321 g/mol. The number of hydrogen-bond acceptors (Lipinski definition) is 5. The Bertz CT molecular complexity index is 859. The zero-order chi connectivity index (χ0) is 17.2. The van der Waals surface area contributed by atoms with Crippen molar-refractivity contribution in [2.24, 2.45) is 0 Å². The van der Waals surface area contributed by atoms with Crippen LogP contribution < -0.4 is 10.2 Å². The molecule has 0 unspecified atom stereocenters. The third-order valence-electron chi connectivity index (χ3n) is 4.51. The summed E-state index contributed by atoms with van der Waals surface area (Å²) in [4.78, 5) is 6.14. The van der Waals surface area contributed by atoms with E-state index < -0.39 is 0 Å². The second-order valence-corrected chi connectivity index (χ2v) is 6.30. The number of H-pyrrole nitrogens is 1. The number of hydrogen-bond donors (Lipinski definition) is 2. The maximum Gasteiger partial charge on any atom is 0.165 e. The predicted octanol–water partition coefficient (Wildman–Crippen LogP) is 2.88. The lowest BCUT2D eigenvalue weighted by atomic mass is 10.2. The van der Waals surface area contributed by atoms with E-state index >= 15 is 0 Å². The van der Waals surface area contributed by atoms with Crippen LogP contribution in [0.4, 0.5) is 10.2 Å². The number of rotatable bonds is 5. The summed E-state index contributed by atoms with van der Waals surface area (Å²) in [6.45, 7) is 4.12. The van der Waals surface area contributed by atoms with Gasteiger partial charge in [0.1, 0.15) is 11.5 Å². The van der Waals surface area contributed by atoms with E-state index in [4.69, 9.17) is 4.42 Å². The third kappa shape index (κ3) is 3.28. The zero-order valence-electron chi connectivity index (χ0n) is 14.0. The van der Waals surface area contributed by atoms with Crippen molar-refractivity contribution in [3.8, 4) is 11.5 Å². The molecule has 0 aromatic carbocycles. The van der Waals surface area contributed by atoms with Crippen molar-refractivity contribution in [2.45, 2.75) is 25.9 Å². The van der Waals surface area contributed by atoms with Gasteiger partial charge in [-0.25, -0.2) is 9.37 Å². The van der Waals surface area contributed by atoms with Crippen molar-refractivity contribution in [3.63, 3.8) is 0 Å². The van der Waals surface area contributed by atoms with Crippen LogP contribution >= 0.6 is 0 Å². The summed E-state index contributed by atoms with van der Waals surface area (Å²) in [5.41, 5.74) is 1.95. The van der Waals surface area contributed by atoms with Gasteiger partial charge in [0.2, 0.25) is 0 Å². The molecule has 3 aromatic rings. The monoisotopic (exact) mass is 341 g/mol. The Morgan fingerprint density at radius 1 is 1.40 bits per heavy atom. The van der Waals surface area contributed by atoms with Crippen LogP contribution in [0, 0.1) is 12.7 Å². The van der Waals surface area contributed by atoms with Gasteiger partial charge in [0.05, 0.1) is 6.20 Å². The van der Waals surface area contributed by atoms with Crippen molar-refractivity contribution in [1.29, 1.82) is 0 Å². The molecule has 1 saturated heterocycles. The molecule has 7 heteroatoms. The van der Waals surface area contributed by atoms with Crippen molar-refractivity contribution < 1.29 is 8.81 Å². The van der Waals surface area contributed by atoms with Gasteiger partial charge in [-0.1, -0.05) is 0 Å². The van der Waals surface area contributed by atoms with Crippen LogP contribution in [-0.2, 0) is 6.54 Å². The van der Waals surface area contributed by atoms with Gasteiger partial charge >= 0.3 is 0 Å². The minimum atomic E-state index is -0.270. The Labute approximate surface area is 145 Å². The minimum absolute atomic E-state index is 0.270. The van der Waals surface area contributed by atoms with Crippen LogP contribution in [-0.4, -0.2) is 34.3 Å². The number of aromatic nitrogens is 3. The highest BCUT2D eigenvalue weighted by molar-refractivity contribution is 5.56. The molecule has 0 spiro atoms. The lowest BCUT2D eigenvalue weighted by molar-refractivity contribution is 0.538. The van der Waals surface area contributed by atoms with Crippen LogP contribution in [0.15, 0.2) is 41.1 Å². The van der Waals surface area contributed by atoms with Gasteiger partial charge in [0, 0.05) is 37.4 Å². The number of aromatic amines is 1. The van der Waals surface area contributed by atoms with Crippen LogP contribution in [0.1, 0.15) is 17.7 Å². The summed E-state index contributed by atoms with van der Waals surface area (Å²) in [6.07, 6.45) is 4.39. The van der Waals surface area contributed by atoms with Gasteiger partial charge in [-0.05, 0) is 37.6 Å². The number of halogens is 1. The van der Waals surface area contributed by atoms with Crippen molar-refractivity contribution in [2.75, 3.05) is 18.0 Å². The molecule has 130 valence electrons. The normalized spacial score (nSPS) is 17.4. The summed E-state index contributed by atoms with van der Waals surface area (Å²) in [7, 11) is 0. The summed E-state index contributed by atoms with van der Waals surface area (Å²) in [5.74, 6) is 1.82. The van der Waals surface area contributed by atoms with Crippen molar-refractivity contribution in [3.05, 3.63) is 53.8 Å². The Hall–Kier alpha value is -2.67. The minimum Gasteiger partial charge on any atom is -0.460 e. The van der Waals surface area contributed by atoms with E-state index in [1.54, 1.807) is 12.3 Å². The SMILES string of the molecule is Cc1ccc(-c2[nH]ncc2CN[C@H]2CCN(c3ncccc3F)C2)o1. The van der Waals surface area contributed by atoms with E-state index in [2.05, 4.69) is 20.5 Å². The second-order valence-electron chi connectivity index (χ2n) is 6.30. The molecule has 1 fully saturated rings. The topological polar surface area (TPSA) is 70.0 Å². The molecule has 1 aliphatic heterocycles. The average Bonchev–Trinajstić information content (AvgIpc) is 3.33. The first kappa shape index (κ1) is 15.8. The number of pyridine rings is 1. The first-order valence-electron chi connectivity index (χ1n) is 8.38. The van der Waals surface area contributed by atoms with Crippen LogP contribution in [0.25, 0.3) is 11.5 Å². The van der Waals surface area contributed by atoms with E-state index in [0.717, 1.165) is 42.3 Å². The predicted molar refractivity (Wildman–Crippen MR) is 92.7 cm³/mol. The van der Waals surface area contributed by atoms with Gasteiger partial charge in [-0.15, -0.1) is 0 Å². The van der Waals surface area contributed by atoms with Gasteiger partial charge in [-0.3, -0.25) is 5.10 Å². The molecule has 4 rings (SSSR count). The molecule has 0 saturated carbocycles. The smallest absolute Gasteiger partial charge is 0.165 e. The molecule has 2 N–H and O–H groups in total. The first-order chi connectivity index (χ1) is 12.2. The largest absolute Gasteiger partial charge is 0.460 e. The fraction of sp³-hybridized carbons (Fsp3) is 0.333.